The van der Waals surface area contributed by atoms with E-state index in [0.29, 0.717) is 5.16 Å². The largest absolute Gasteiger partial charge is 0.349 e. The number of thioether (sulfide) groups is 1. The third-order valence-electron chi connectivity index (χ3n) is 4.09. The molecule has 3 rings (SSSR count). The molecule has 0 aliphatic carbocycles. The standard InChI is InChI=1S/C19H20FN5OS/c1-12(14-8-4-3-5-9-14)22-18(26)13(2)27-19-24-23-17(25(19)21)15-10-6-7-11-16(15)20/h3-13H,21H2,1-2H3,(H,22,26). The van der Waals surface area contributed by atoms with E-state index in [1.807, 2.05) is 37.3 Å². The fraction of sp³-hybridized carbons (Fsp3) is 0.211. The average Bonchev–Trinajstić information content (AvgIpc) is 3.03. The van der Waals surface area contributed by atoms with Crippen molar-refractivity contribution in [1.82, 2.24) is 20.2 Å². The number of aromatic nitrogens is 3. The van der Waals surface area contributed by atoms with Crippen LogP contribution in [0.1, 0.15) is 25.5 Å². The SMILES string of the molecule is CC(Sc1nnc(-c2ccccc2F)n1N)C(=O)NC(C)c1ccccc1. The van der Waals surface area contributed by atoms with E-state index in [-0.39, 0.29) is 23.3 Å². The Labute approximate surface area is 161 Å². The Hall–Kier alpha value is -2.87. The van der Waals surface area contributed by atoms with Gasteiger partial charge in [0.15, 0.2) is 5.82 Å². The van der Waals surface area contributed by atoms with Crippen LogP contribution >= 0.6 is 11.8 Å². The number of hydrogen-bond acceptors (Lipinski definition) is 5. The van der Waals surface area contributed by atoms with Crippen LogP contribution in [0.15, 0.2) is 59.8 Å². The molecule has 3 N–H and O–H groups in total. The van der Waals surface area contributed by atoms with Crippen molar-refractivity contribution in [3.8, 4) is 11.4 Å². The van der Waals surface area contributed by atoms with Gasteiger partial charge in [-0.1, -0.05) is 54.2 Å². The minimum atomic E-state index is -0.448. The second kappa shape index (κ2) is 8.22. The zero-order valence-corrected chi connectivity index (χ0v) is 15.8. The molecule has 0 spiro atoms. The lowest BCUT2D eigenvalue weighted by Gasteiger charge is -2.17. The molecule has 0 saturated heterocycles. The number of rotatable bonds is 6. The molecule has 2 atom stereocenters. The Morgan fingerprint density at radius 1 is 1.11 bits per heavy atom. The van der Waals surface area contributed by atoms with Crippen molar-refractivity contribution in [3.05, 3.63) is 66.0 Å². The van der Waals surface area contributed by atoms with Gasteiger partial charge in [0.1, 0.15) is 5.82 Å². The highest BCUT2D eigenvalue weighted by Crippen LogP contribution is 2.26. The number of halogens is 1. The van der Waals surface area contributed by atoms with Crippen LogP contribution in [0.5, 0.6) is 0 Å². The second-order valence-electron chi connectivity index (χ2n) is 6.06. The summed E-state index contributed by atoms with van der Waals surface area (Å²) in [7, 11) is 0. The van der Waals surface area contributed by atoms with Crippen molar-refractivity contribution in [2.75, 3.05) is 5.84 Å². The van der Waals surface area contributed by atoms with Gasteiger partial charge in [0.2, 0.25) is 11.1 Å². The van der Waals surface area contributed by atoms with Crippen LogP contribution in [0.25, 0.3) is 11.4 Å². The smallest absolute Gasteiger partial charge is 0.233 e. The maximum absolute atomic E-state index is 14.0. The van der Waals surface area contributed by atoms with Crippen molar-refractivity contribution >= 4 is 17.7 Å². The van der Waals surface area contributed by atoms with E-state index in [1.54, 1.807) is 25.1 Å². The first-order valence-corrected chi connectivity index (χ1v) is 9.32. The summed E-state index contributed by atoms with van der Waals surface area (Å²) in [4.78, 5) is 12.5. The normalized spacial score (nSPS) is 13.1. The Bertz CT molecular complexity index is 931. The molecule has 0 saturated carbocycles. The highest BCUT2D eigenvalue weighted by atomic mass is 32.2. The molecule has 0 radical (unpaired) electrons. The van der Waals surface area contributed by atoms with Crippen molar-refractivity contribution in [2.45, 2.75) is 30.3 Å². The van der Waals surface area contributed by atoms with Gasteiger partial charge in [0.05, 0.1) is 16.9 Å². The molecule has 0 fully saturated rings. The van der Waals surface area contributed by atoms with E-state index in [2.05, 4.69) is 15.5 Å². The van der Waals surface area contributed by atoms with Crippen LogP contribution in [-0.2, 0) is 4.79 Å². The van der Waals surface area contributed by atoms with Gasteiger partial charge in [-0.2, -0.15) is 0 Å². The van der Waals surface area contributed by atoms with Crippen LogP contribution in [0.2, 0.25) is 0 Å². The van der Waals surface area contributed by atoms with Gasteiger partial charge in [-0.15, -0.1) is 10.2 Å². The second-order valence-corrected chi connectivity index (χ2v) is 7.37. The molecule has 2 aromatic carbocycles. The number of amides is 1. The van der Waals surface area contributed by atoms with Gasteiger partial charge < -0.3 is 11.2 Å². The molecule has 2 unspecified atom stereocenters. The molecular weight excluding hydrogens is 365 g/mol. The van der Waals surface area contributed by atoms with Crippen LogP contribution < -0.4 is 11.2 Å². The first-order chi connectivity index (χ1) is 13.0. The summed E-state index contributed by atoms with van der Waals surface area (Å²) >= 11 is 1.17. The summed E-state index contributed by atoms with van der Waals surface area (Å²) in [6.07, 6.45) is 0. The van der Waals surface area contributed by atoms with E-state index in [0.717, 1.165) is 5.56 Å². The van der Waals surface area contributed by atoms with Gasteiger partial charge in [-0.3, -0.25) is 4.79 Å². The first-order valence-electron chi connectivity index (χ1n) is 8.44. The molecule has 6 nitrogen and oxygen atoms in total. The van der Waals surface area contributed by atoms with Gasteiger partial charge in [-0.25, -0.2) is 9.07 Å². The number of carbonyl (C=O) groups is 1. The van der Waals surface area contributed by atoms with E-state index < -0.39 is 11.1 Å². The minimum absolute atomic E-state index is 0.119. The molecule has 8 heteroatoms. The number of hydrogen-bond donors (Lipinski definition) is 2. The molecule has 0 aliphatic heterocycles. The summed E-state index contributed by atoms with van der Waals surface area (Å²) in [5.74, 6) is 5.65. The molecule has 1 amide bonds. The fourth-order valence-electron chi connectivity index (χ4n) is 2.55. The zero-order valence-electron chi connectivity index (χ0n) is 15.0. The van der Waals surface area contributed by atoms with Crippen molar-refractivity contribution in [1.29, 1.82) is 0 Å². The van der Waals surface area contributed by atoms with Gasteiger partial charge in [0.25, 0.3) is 0 Å². The number of benzene rings is 2. The molecule has 27 heavy (non-hydrogen) atoms. The lowest BCUT2D eigenvalue weighted by molar-refractivity contribution is -0.120. The molecular formula is C19H20FN5OS. The number of nitrogens with one attached hydrogen (secondary N) is 1. The van der Waals surface area contributed by atoms with Crippen LogP contribution in [0.3, 0.4) is 0 Å². The van der Waals surface area contributed by atoms with Crippen LogP contribution in [0, 0.1) is 5.82 Å². The monoisotopic (exact) mass is 385 g/mol. The van der Waals surface area contributed by atoms with Crippen LogP contribution in [0.4, 0.5) is 4.39 Å². The summed E-state index contributed by atoms with van der Waals surface area (Å²) in [6.45, 7) is 3.68. The lowest BCUT2D eigenvalue weighted by atomic mass is 10.1. The lowest BCUT2D eigenvalue weighted by Crippen LogP contribution is -2.33. The molecule has 1 heterocycles. The summed E-state index contributed by atoms with van der Waals surface area (Å²) in [5.41, 5.74) is 1.28. The number of nitrogen functional groups attached to an aromatic ring is 1. The predicted molar refractivity (Wildman–Crippen MR) is 104 cm³/mol. The average molecular weight is 385 g/mol. The van der Waals surface area contributed by atoms with Crippen LogP contribution in [-0.4, -0.2) is 26.0 Å². The molecule has 1 aromatic heterocycles. The van der Waals surface area contributed by atoms with E-state index in [9.17, 15) is 9.18 Å². The molecule has 140 valence electrons. The summed E-state index contributed by atoms with van der Waals surface area (Å²) in [5, 5.41) is 10.8. The number of nitrogens with two attached hydrogens (primary N) is 1. The summed E-state index contributed by atoms with van der Waals surface area (Å²) in [6, 6.07) is 15.8. The van der Waals surface area contributed by atoms with Crippen molar-refractivity contribution in [3.63, 3.8) is 0 Å². The molecule has 0 aliphatic rings. The topological polar surface area (TPSA) is 85.8 Å². The summed E-state index contributed by atoms with van der Waals surface area (Å²) < 4.78 is 15.2. The highest BCUT2D eigenvalue weighted by Gasteiger charge is 2.22. The minimum Gasteiger partial charge on any atom is -0.349 e. The zero-order chi connectivity index (χ0) is 19.4. The predicted octanol–water partition coefficient (Wildman–Crippen LogP) is 3.16. The Balaban J connectivity index is 1.68. The number of nitrogens with zero attached hydrogens (tertiary/aromatic N) is 3. The van der Waals surface area contributed by atoms with Crippen molar-refractivity contribution in [2.24, 2.45) is 0 Å². The third kappa shape index (κ3) is 4.28. The maximum atomic E-state index is 14.0. The van der Waals surface area contributed by atoms with Gasteiger partial charge in [0, 0.05) is 0 Å². The molecule has 3 aromatic rings. The fourth-order valence-corrected chi connectivity index (χ4v) is 3.33. The number of carbonyl (C=O) groups excluding carboxylic acids is 1. The molecule has 0 bridgehead atoms. The Morgan fingerprint density at radius 3 is 2.48 bits per heavy atom. The maximum Gasteiger partial charge on any atom is 0.233 e. The van der Waals surface area contributed by atoms with E-state index >= 15 is 0 Å². The highest BCUT2D eigenvalue weighted by molar-refractivity contribution is 8.00. The third-order valence-corrected chi connectivity index (χ3v) is 5.15. The van der Waals surface area contributed by atoms with Gasteiger partial charge >= 0.3 is 0 Å². The van der Waals surface area contributed by atoms with E-state index in [1.165, 1.54) is 22.5 Å². The Kier molecular flexibility index (Phi) is 5.75. The van der Waals surface area contributed by atoms with Gasteiger partial charge in [-0.05, 0) is 31.5 Å². The first kappa shape index (κ1) is 18.9. The van der Waals surface area contributed by atoms with Crippen molar-refractivity contribution < 1.29 is 9.18 Å². The Morgan fingerprint density at radius 2 is 1.78 bits per heavy atom. The van der Waals surface area contributed by atoms with E-state index in [4.69, 9.17) is 5.84 Å². The quantitative estimate of drug-likeness (QED) is 0.503.